The van der Waals surface area contributed by atoms with E-state index in [1.165, 1.54) is 179 Å². The molecule has 104 heavy (non-hydrogen) atoms. The van der Waals surface area contributed by atoms with Crippen LogP contribution in [0.1, 0.15) is 249 Å². The maximum atomic E-state index is 2.57. The fourth-order valence-electron chi connectivity index (χ4n) is 17.3. The Labute approximate surface area is 648 Å². The Morgan fingerprint density at radius 3 is 1.10 bits per heavy atom. The molecule has 0 radical (unpaired) electrons. The zero-order valence-electron chi connectivity index (χ0n) is 71.9. The van der Waals surface area contributed by atoms with Gasteiger partial charge in [0.25, 0.3) is 0 Å². The molecule has 4 aromatic heterocycles. The molecule has 0 spiro atoms. The van der Waals surface area contributed by atoms with E-state index in [1.807, 2.05) is 0 Å². The molecular formula is C96H146Ge4N4+4. The second kappa shape index (κ2) is 35.6. The van der Waals surface area contributed by atoms with Crippen molar-refractivity contribution in [3.63, 3.8) is 0 Å². The van der Waals surface area contributed by atoms with E-state index in [0.717, 1.165) is 24.2 Å². The molecule has 11 rings (SSSR count). The molecule has 4 heterocycles. The molecule has 0 bridgehead atoms. The zero-order valence-corrected chi connectivity index (χ0v) is 80.3. The normalized spacial score (nSPS) is 15.0. The fourth-order valence-corrected chi connectivity index (χ4v) is 31.7. The Morgan fingerprint density at radius 1 is 0.385 bits per heavy atom. The summed E-state index contributed by atoms with van der Waals surface area (Å²) >= 11 is -7.64. The van der Waals surface area contributed by atoms with Gasteiger partial charge < -0.3 is 0 Å². The van der Waals surface area contributed by atoms with E-state index in [2.05, 4.69) is 334 Å². The van der Waals surface area contributed by atoms with E-state index in [4.69, 9.17) is 0 Å². The average molecular weight is 1650 g/mol. The Balaban J connectivity index is 0.000000176. The van der Waals surface area contributed by atoms with E-state index in [1.54, 1.807) is 39.8 Å². The van der Waals surface area contributed by atoms with Crippen molar-refractivity contribution in [3.8, 4) is 45.0 Å². The van der Waals surface area contributed by atoms with Crippen LogP contribution in [-0.4, -0.2) is 53.1 Å². The predicted octanol–water partition coefficient (Wildman–Crippen LogP) is 22.9. The van der Waals surface area contributed by atoms with E-state index >= 15 is 0 Å². The molecule has 0 unspecified atom stereocenters. The molecule has 4 nitrogen and oxygen atoms in total. The van der Waals surface area contributed by atoms with Gasteiger partial charge in [-0.3, -0.25) is 0 Å². The molecule has 4 aromatic carbocycles. The first kappa shape index (κ1) is 85.3. The molecule has 3 saturated carbocycles. The summed E-state index contributed by atoms with van der Waals surface area (Å²) in [7, 11) is 8.94. The van der Waals surface area contributed by atoms with Crippen molar-refractivity contribution < 1.29 is 18.3 Å². The van der Waals surface area contributed by atoms with Crippen molar-refractivity contribution >= 4 is 70.6 Å². The molecule has 0 aliphatic heterocycles. The van der Waals surface area contributed by atoms with Crippen LogP contribution in [-0.2, 0) is 40.0 Å². The Kier molecular flexibility index (Phi) is 29.2. The van der Waals surface area contributed by atoms with Gasteiger partial charge in [0.2, 0.25) is 0 Å². The van der Waals surface area contributed by atoms with E-state index in [9.17, 15) is 0 Å². The number of pyridine rings is 4. The van der Waals surface area contributed by atoms with Gasteiger partial charge in [-0.15, -0.1) is 0 Å². The van der Waals surface area contributed by atoms with Gasteiger partial charge in [0.1, 0.15) is 0 Å². The first-order valence-electron chi connectivity index (χ1n) is 41.1. The number of hydrogen-bond acceptors (Lipinski definition) is 0. The summed E-state index contributed by atoms with van der Waals surface area (Å²) in [5.41, 5.74) is 29.1. The number of hydrogen-bond donors (Lipinski definition) is 0. The summed E-state index contributed by atoms with van der Waals surface area (Å²) in [5, 5.41) is 0. The van der Waals surface area contributed by atoms with Gasteiger partial charge in [0.15, 0.2) is 0 Å². The molecule has 3 aliphatic rings. The molecule has 0 N–H and O–H groups in total. The average Bonchev–Trinajstić information content (AvgIpc) is 1.10. The van der Waals surface area contributed by atoms with Crippen molar-refractivity contribution in [1.82, 2.24) is 0 Å². The summed E-state index contributed by atoms with van der Waals surface area (Å²) in [6.45, 7) is 31.9. The van der Waals surface area contributed by atoms with Gasteiger partial charge in [-0.05, 0) is 0 Å². The molecule has 3 aliphatic carbocycles. The summed E-state index contributed by atoms with van der Waals surface area (Å²) in [6.07, 6.45) is 30.2. The van der Waals surface area contributed by atoms with Crippen LogP contribution in [0.3, 0.4) is 0 Å². The molecule has 562 valence electrons. The SMILES string of the molecule is CCC(CC)c1cc(-c2ccc(C(C)(C)C)cc2C)[n+](C)c[c]1[Ge]([CH3])([CH3])[CH3].Cc1ccc(C(C)C)cc1-c1cc(C2CCCC2)[c]([Ge]([CH3])([CH3])[CH3])c[n+]1C.Cc1ccc(C)c(-c2cc(C3CCCC3)[c]([Ge]([CH3])([CH3])[CH3])c[n+]2C)c1.Cc1ccc(CC(C)C)cc1-c1cc(C2CCCC2)[c]([Ge]([CH3])([CH3])[CH3])c[n+]1C. The number of aromatic nitrogens is 4. The molecule has 0 amide bonds. The fraction of sp³-hybridized carbons (Fsp3) is 0.542. The van der Waals surface area contributed by atoms with Crippen LogP contribution in [0.25, 0.3) is 45.0 Å². The summed E-state index contributed by atoms with van der Waals surface area (Å²) in [5.74, 6) is 34.7. The van der Waals surface area contributed by atoms with Crippen molar-refractivity contribution in [2.45, 2.75) is 297 Å². The Hall–Kier alpha value is -4.35. The second-order valence-corrected chi connectivity index (χ2v) is 80.9. The molecular weight excluding hydrogens is 1500 g/mol. The molecule has 8 heteroatoms. The van der Waals surface area contributed by atoms with Crippen LogP contribution < -0.4 is 35.9 Å². The summed E-state index contributed by atoms with van der Waals surface area (Å²) in [4.78, 5) is 0. The first-order valence-corrected chi connectivity index (χ1v) is 70.5. The first-order chi connectivity index (χ1) is 48.5. The van der Waals surface area contributed by atoms with Crippen molar-refractivity contribution in [1.29, 1.82) is 0 Å². The monoisotopic (exact) mass is 1650 g/mol. The van der Waals surface area contributed by atoms with Gasteiger partial charge in [0.05, 0.1) is 0 Å². The quantitative estimate of drug-likeness (QED) is 0.0638. The Bertz CT molecular complexity index is 4240. The van der Waals surface area contributed by atoms with Gasteiger partial charge in [-0.25, -0.2) is 0 Å². The van der Waals surface area contributed by atoms with E-state index in [0.29, 0.717) is 17.8 Å². The Morgan fingerprint density at radius 2 is 0.740 bits per heavy atom. The third-order valence-corrected chi connectivity index (χ3v) is 40.8. The van der Waals surface area contributed by atoms with Crippen LogP contribution in [0.15, 0.2) is 122 Å². The van der Waals surface area contributed by atoms with Crippen LogP contribution >= 0.6 is 0 Å². The van der Waals surface area contributed by atoms with Crippen LogP contribution in [0.4, 0.5) is 0 Å². The topological polar surface area (TPSA) is 15.5 Å². The standard InChI is InChI=1S/C25H38GeN.C25H40GeN.C24H36GeN.C22H32GeN/c1-18(2)14-20-13-12-19(3)22(15-20)25-16-23(21-10-8-9-11-21)24(17-27(25)7)26(4,5)6;1-11-19(12-2)22-16-24(27(10)17-23(22)26(7,8)9)21-14-13-20(15-18(21)3)25(4,5)6;1-17(2)20-13-12-18(3)21(14-20)24-15-22(19-10-8-9-11-19)23(16-26(24)7)25(4,5)6;1-16-11-12-17(2)19(13-16)22-14-20(18-9-7-8-10-18)21(15-24(22)6)23(3,4)5/h12-13,15-18,21H,8-11,14H2,1-7H3;13-17,19H,11-12H2,1-10H3;12-17,19H,8-11H2,1-7H3;11-15,18H,7-10H2,1-6H3/q4*+1. The predicted molar refractivity (Wildman–Crippen MR) is 466 cm³/mol. The van der Waals surface area contributed by atoms with Gasteiger partial charge >= 0.3 is 654 Å². The number of nitrogens with zero attached hydrogens (tertiary/aromatic N) is 4. The van der Waals surface area contributed by atoms with Crippen LogP contribution in [0.5, 0.6) is 0 Å². The number of rotatable bonds is 17. The molecule has 8 aromatic rings. The molecule has 3 fully saturated rings. The molecule has 0 saturated heterocycles. The van der Waals surface area contributed by atoms with Crippen LogP contribution in [0, 0.1) is 40.5 Å². The van der Waals surface area contributed by atoms with Gasteiger partial charge in [-0.2, -0.15) is 0 Å². The summed E-state index contributed by atoms with van der Waals surface area (Å²) < 4.78 is 16.4. The van der Waals surface area contributed by atoms with Gasteiger partial charge in [-0.1, -0.05) is 0 Å². The van der Waals surface area contributed by atoms with E-state index in [-0.39, 0.29) is 5.41 Å². The third kappa shape index (κ3) is 21.4. The molecule has 0 atom stereocenters. The minimum atomic E-state index is -1.94. The second-order valence-electron chi connectivity index (χ2n) is 38.6. The van der Waals surface area contributed by atoms with E-state index < -0.39 is 53.1 Å². The van der Waals surface area contributed by atoms with Crippen molar-refractivity contribution in [3.05, 3.63) is 189 Å². The number of benzene rings is 4. The maximum absolute atomic E-state index is 2.57. The minimum absolute atomic E-state index is 0.190. The number of aryl methyl sites for hydroxylation is 9. The van der Waals surface area contributed by atoms with Gasteiger partial charge in [0, 0.05) is 0 Å². The summed E-state index contributed by atoms with van der Waals surface area (Å²) in [6, 6.07) is 38.1. The zero-order chi connectivity index (χ0) is 76.9. The third-order valence-electron chi connectivity index (χ3n) is 23.7. The van der Waals surface area contributed by atoms with Crippen LogP contribution in [0.2, 0.25) is 69.1 Å². The van der Waals surface area contributed by atoms with Crippen molar-refractivity contribution in [2.75, 3.05) is 0 Å². The van der Waals surface area contributed by atoms with Crippen molar-refractivity contribution in [2.24, 2.45) is 34.1 Å².